The maximum Gasteiger partial charge on any atom is 0.251 e. The first kappa shape index (κ1) is 18.7. The van der Waals surface area contributed by atoms with E-state index in [1.54, 1.807) is 24.3 Å². The van der Waals surface area contributed by atoms with E-state index in [1.807, 2.05) is 6.07 Å². The molecule has 0 fully saturated rings. The molecule has 2 amide bonds. The van der Waals surface area contributed by atoms with Crippen molar-refractivity contribution in [1.29, 1.82) is 5.26 Å². The molecule has 0 aliphatic rings. The van der Waals surface area contributed by atoms with Crippen molar-refractivity contribution >= 4 is 11.8 Å². The highest BCUT2D eigenvalue weighted by atomic mass is 16.2. The van der Waals surface area contributed by atoms with Gasteiger partial charge in [-0.25, -0.2) is 0 Å². The van der Waals surface area contributed by atoms with E-state index in [-0.39, 0.29) is 5.91 Å². The van der Waals surface area contributed by atoms with E-state index < -0.39 is 11.9 Å². The Balaban J connectivity index is 2.46. The second kappa shape index (κ2) is 10.4. The highest BCUT2D eigenvalue weighted by Gasteiger charge is 2.18. The minimum absolute atomic E-state index is 0.343. The van der Waals surface area contributed by atoms with Crippen LogP contribution in [0.2, 0.25) is 0 Å². The molecule has 0 aliphatic heterocycles. The molecule has 0 saturated heterocycles. The summed E-state index contributed by atoms with van der Waals surface area (Å²) in [6, 6.07) is 7.62. The normalized spacial score (nSPS) is 11.5. The van der Waals surface area contributed by atoms with Gasteiger partial charge in [0, 0.05) is 5.56 Å². The smallest absolute Gasteiger partial charge is 0.251 e. The van der Waals surface area contributed by atoms with Crippen molar-refractivity contribution in [3.8, 4) is 6.07 Å². The van der Waals surface area contributed by atoms with E-state index in [2.05, 4.69) is 12.2 Å². The van der Waals surface area contributed by atoms with Crippen molar-refractivity contribution in [2.75, 3.05) is 0 Å². The van der Waals surface area contributed by atoms with Crippen molar-refractivity contribution < 1.29 is 9.59 Å². The second-order valence-electron chi connectivity index (χ2n) is 5.67. The van der Waals surface area contributed by atoms with Gasteiger partial charge in [-0.15, -0.1) is 0 Å². The summed E-state index contributed by atoms with van der Waals surface area (Å²) < 4.78 is 0. The minimum Gasteiger partial charge on any atom is -0.368 e. The molecule has 3 N–H and O–H groups in total. The number of nitriles is 1. The highest BCUT2D eigenvalue weighted by Crippen LogP contribution is 2.10. The van der Waals surface area contributed by atoms with E-state index in [0.717, 1.165) is 19.3 Å². The first-order valence-corrected chi connectivity index (χ1v) is 8.18. The molecule has 1 aromatic rings. The fourth-order valence-electron chi connectivity index (χ4n) is 2.35. The number of hydrogen-bond acceptors (Lipinski definition) is 3. The number of unbranched alkanes of at least 4 members (excludes halogenated alkanes) is 5. The molecule has 0 unspecified atom stereocenters. The number of rotatable bonds is 10. The lowest BCUT2D eigenvalue weighted by Gasteiger charge is -2.15. The van der Waals surface area contributed by atoms with E-state index >= 15 is 0 Å². The molecular weight excluding hydrogens is 290 g/mol. The van der Waals surface area contributed by atoms with Gasteiger partial charge in [-0.2, -0.15) is 5.26 Å². The number of primary amides is 1. The van der Waals surface area contributed by atoms with Crippen molar-refractivity contribution in [2.45, 2.75) is 57.9 Å². The van der Waals surface area contributed by atoms with Crippen LogP contribution >= 0.6 is 0 Å². The van der Waals surface area contributed by atoms with Crippen LogP contribution in [0.1, 0.15) is 67.8 Å². The zero-order chi connectivity index (χ0) is 17.1. The number of hydrogen-bond donors (Lipinski definition) is 2. The van der Waals surface area contributed by atoms with Gasteiger partial charge in [0.1, 0.15) is 6.04 Å². The SMILES string of the molecule is CCCCCCCC[C@@H](NC(=O)c1ccc(C#N)cc1)C(N)=O. The van der Waals surface area contributed by atoms with Crippen molar-refractivity contribution in [2.24, 2.45) is 5.73 Å². The molecule has 0 aromatic heterocycles. The Morgan fingerprint density at radius 1 is 1.13 bits per heavy atom. The van der Waals surface area contributed by atoms with Crippen LogP contribution in [0, 0.1) is 11.3 Å². The zero-order valence-electron chi connectivity index (χ0n) is 13.7. The minimum atomic E-state index is -0.649. The largest absolute Gasteiger partial charge is 0.368 e. The molecule has 1 aromatic carbocycles. The van der Waals surface area contributed by atoms with Gasteiger partial charge in [0.05, 0.1) is 11.6 Å². The molecule has 1 atom stereocenters. The number of amides is 2. The Kier molecular flexibility index (Phi) is 8.45. The summed E-state index contributed by atoms with van der Waals surface area (Å²) in [5.41, 5.74) is 6.28. The van der Waals surface area contributed by atoms with Gasteiger partial charge in [0.25, 0.3) is 5.91 Å². The fraction of sp³-hybridized carbons (Fsp3) is 0.500. The van der Waals surface area contributed by atoms with Gasteiger partial charge in [-0.1, -0.05) is 45.4 Å². The number of nitrogens with one attached hydrogen (secondary N) is 1. The van der Waals surface area contributed by atoms with Crippen LogP contribution in [0.5, 0.6) is 0 Å². The van der Waals surface area contributed by atoms with Gasteiger partial charge in [0.15, 0.2) is 0 Å². The Hall–Kier alpha value is -2.35. The third-order valence-electron chi connectivity index (χ3n) is 3.77. The van der Waals surface area contributed by atoms with Gasteiger partial charge >= 0.3 is 0 Å². The average molecular weight is 315 g/mol. The molecule has 5 nitrogen and oxygen atoms in total. The number of nitrogens with two attached hydrogens (primary N) is 1. The third kappa shape index (κ3) is 6.96. The molecule has 0 spiro atoms. The number of carbonyl (C=O) groups is 2. The quantitative estimate of drug-likeness (QED) is 0.650. The van der Waals surface area contributed by atoms with Crippen LogP contribution in [-0.2, 0) is 4.79 Å². The fourth-order valence-corrected chi connectivity index (χ4v) is 2.35. The Morgan fingerprint density at radius 3 is 2.30 bits per heavy atom. The molecule has 23 heavy (non-hydrogen) atoms. The lowest BCUT2D eigenvalue weighted by atomic mass is 10.0. The van der Waals surface area contributed by atoms with Crippen LogP contribution in [-0.4, -0.2) is 17.9 Å². The summed E-state index contributed by atoms with van der Waals surface area (Å²) in [4.78, 5) is 23.6. The molecule has 124 valence electrons. The predicted molar refractivity (Wildman–Crippen MR) is 89.6 cm³/mol. The van der Waals surface area contributed by atoms with Crippen LogP contribution in [0.4, 0.5) is 0 Å². The highest BCUT2D eigenvalue weighted by molar-refractivity contribution is 5.97. The van der Waals surface area contributed by atoms with Crippen LogP contribution in [0.25, 0.3) is 0 Å². The average Bonchev–Trinajstić information content (AvgIpc) is 2.56. The molecule has 0 saturated carbocycles. The standard InChI is InChI=1S/C18H25N3O2/c1-2-3-4-5-6-7-8-16(17(20)22)21-18(23)15-11-9-14(13-19)10-12-15/h9-12,16H,2-8H2,1H3,(H2,20,22)(H,21,23)/t16-/m1/s1. The number of nitrogens with zero attached hydrogens (tertiary/aromatic N) is 1. The van der Waals surface area contributed by atoms with Gasteiger partial charge in [0.2, 0.25) is 5.91 Å². The van der Waals surface area contributed by atoms with E-state index in [0.29, 0.717) is 17.5 Å². The summed E-state index contributed by atoms with van der Waals surface area (Å²) in [5, 5.41) is 11.4. The zero-order valence-corrected chi connectivity index (χ0v) is 13.7. The van der Waals surface area contributed by atoms with E-state index in [4.69, 9.17) is 11.0 Å². The molecule has 5 heteroatoms. The van der Waals surface area contributed by atoms with Crippen molar-refractivity contribution in [1.82, 2.24) is 5.32 Å². The molecule has 0 heterocycles. The van der Waals surface area contributed by atoms with Gasteiger partial charge in [-0.3, -0.25) is 9.59 Å². The summed E-state index contributed by atoms with van der Waals surface area (Å²) in [5.74, 6) is -0.857. The lowest BCUT2D eigenvalue weighted by molar-refractivity contribution is -0.120. The summed E-state index contributed by atoms with van der Waals surface area (Å²) >= 11 is 0. The molecule has 0 bridgehead atoms. The Bertz CT molecular complexity index is 546. The summed E-state index contributed by atoms with van der Waals surface area (Å²) in [6.07, 6.45) is 7.24. The van der Waals surface area contributed by atoms with Crippen LogP contribution < -0.4 is 11.1 Å². The molecular formula is C18H25N3O2. The number of carbonyl (C=O) groups excluding carboxylic acids is 2. The molecule has 0 radical (unpaired) electrons. The maximum absolute atomic E-state index is 12.1. The Morgan fingerprint density at radius 2 is 1.74 bits per heavy atom. The summed E-state index contributed by atoms with van der Waals surface area (Å²) in [6.45, 7) is 2.17. The van der Waals surface area contributed by atoms with Crippen molar-refractivity contribution in [3.05, 3.63) is 35.4 Å². The van der Waals surface area contributed by atoms with Gasteiger partial charge < -0.3 is 11.1 Å². The lowest BCUT2D eigenvalue weighted by Crippen LogP contribution is -2.44. The third-order valence-corrected chi connectivity index (χ3v) is 3.77. The topological polar surface area (TPSA) is 96.0 Å². The van der Waals surface area contributed by atoms with E-state index in [1.165, 1.54) is 19.3 Å². The first-order chi connectivity index (χ1) is 11.1. The van der Waals surface area contributed by atoms with Crippen molar-refractivity contribution in [3.63, 3.8) is 0 Å². The molecule has 0 aliphatic carbocycles. The second-order valence-corrected chi connectivity index (χ2v) is 5.67. The maximum atomic E-state index is 12.1. The van der Waals surface area contributed by atoms with E-state index in [9.17, 15) is 9.59 Å². The van der Waals surface area contributed by atoms with Gasteiger partial charge in [-0.05, 0) is 30.7 Å². The van der Waals surface area contributed by atoms with Crippen LogP contribution in [0.15, 0.2) is 24.3 Å². The first-order valence-electron chi connectivity index (χ1n) is 8.18. The predicted octanol–water partition coefficient (Wildman–Crippen LogP) is 2.89. The number of benzene rings is 1. The van der Waals surface area contributed by atoms with Crippen LogP contribution in [0.3, 0.4) is 0 Å². The summed E-state index contributed by atoms with van der Waals surface area (Å²) in [7, 11) is 0. The molecule has 1 rings (SSSR count). The Labute approximate surface area is 137 Å². The monoisotopic (exact) mass is 315 g/mol.